The van der Waals surface area contributed by atoms with Crippen LogP contribution in [0.5, 0.6) is 0 Å². The maximum atomic E-state index is 12.6. The molecule has 0 aromatic heterocycles. The van der Waals surface area contributed by atoms with Gasteiger partial charge in [-0.25, -0.2) is 0 Å². The molecule has 0 bridgehead atoms. The molecule has 1 amide bonds. The quantitative estimate of drug-likeness (QED) is 0.0320. The zero-order valence-electron chi connectivity index (χ0n) is 57.4. The number of allylic oxidation sites excluding steroid dienone is 2. The zero-order valence-corrected chi connectivity index (χ0v) is 57.4. The maximum Gasteiger partial charge on any atom is 0.305 e. The number of carbonyl (C=O) groups excluding carboxylic acids is 2. The molecule has 0 heterocycles. The molecule has 0 saturated carbocycles. The summed E-state index contributed by atoms with van der Waals surface area (Å²) in [7, 11) is 0. The fourth-order valence-electron chi connectivity index (χ4n) is 12.6. The smallest absolute Gasteiger partial charge is 0.305 e. The van der Waals surface area contributed by atoms with Crippen molar-refractivity contribution in [2.24, 2.45) is 0 Å². The summed E-state index contributed by atoms with van der Waals surface area (Å²) in [6, 6.07) is -0.539. The predicted molar refractivity (Wildman–Crippen MR) is 370 cm³/mol. The lowest BCUT2D eigenvalue weighted by atomic mass is 10.0. The minimum atomic E-state index is -0.662. The monoisotopic (exact) mass is 1180 g/mol. The van der Waals surface area contributed by atoms with Gasteiger partial charge < -0.3 is 20.3 Å². The number of carbonyl (C=O) groups is 2. The van der Waals surface area contributed by atoms with Gasteiger partial charge in [-0.15, -0.1) is 0 Å². The molecule has 0 aliphatic rings. The molecule has 6 heteroatoms. The summed E-state index contributed by atoms with van der Waals surface area (Å²) in [4.78, 5) is 24.6. The Morgan fingerprint density at radius 3 is 0.845 bits per heavy atom. The number of esters is 1. The van der Waals surface area contributed by atoms with E-state index in [-0.39, 0.29) is 18.5 Å². The summed E-state index contributed by atoms with van der Waals surface area (Å²) in [5, 5.41) is 23.5. The van der Waals surface area contributed by atoms with Crippen LogP contribution in [0.15, 0.2) is 12.2 Å². The lowest BCUT2D eigenvalue weighted by Gasteiger charge is -2.22. The molecule has 6 nitrogen and oxygen atoms in total. The van der Waals surface area contributed by atoms with Crippen molar-refractivity contribution in [3.63, 3.8) is 0 Å². The first kappa shape index (κ1) is 82.6. The van der Waals surface area contributed by atoms with Gasteiger partial charge in [0.15, 0.2) is 0 Å². The van der Waals surface area contributed by atoms with Gasteiger partial charge >= 0.3 is 5.97 Å². The minimum Gasteiger partial charge on any atom is -0.466 e. The van der Waals surface area contributed by atoms with Gasteiger partial charge in [0.25, 0.3) is 0 Å². The molecular weight excluding hydrogens is 1030 g/mol. The number of hydrogen-bond acceptors (Lipinski definition) is 5. The van der Waals surface area contributed by atoms with Crippen LogP contribution in [0, 0.1) is 0 Å². The first-order valence-electron chi connectivity index (χ1n) is 38.9. The highest BCUT2D eigenvalue weighted by Gasteiger charge is 2.20. The summed E-state index contributed by atoms with van der Waals surface area (Å²) in [6.07, 6.45) is 92.9. The van der Waals surface area contributed by atoms with Crippen LogP contribution in [0.1, 0.15) is 450 Å². The predicted octanol–water partition coefficient (Wildman–Crippen LogP) is 25.5. The van der Waals surface area contributed by atoms with Crippen LogP contribution in [0.2, 0.25) is 0 Å². The Kier molecular flexibility index (Phi) is 72.8. The highest BCUT2D eigenvalue weighted by molar-refractivity contribution is 5.76. The average molecular weight is 1190 g/mol. The second-order valence-electron chi connectivity index (χ2n) is 27.0. The van der Waals surface area contributed by atoms with Crippen molar-refractivity contribution in [3.8, 4) is 0 Å². The number of nitrogens with one attached hydrogen (secondary N) is 1. The molecule has 0 rings (SSSR count). The van der Waals surface area contributed by atoms with Crippen LogP contribution in [-0.2, 0) is 14.3 Å². The zero-order chi connectivity index (χ0) is 60.6. The molecule has 2 atom stereocenters. The molecule has 2 unspecified atom stereocenters. The Bertz CT molecular complexity index is 1270. The van der Waals surface area contributed by atoms with E-state index in [0.717, 1.165) is 44.9 Å². The van der Waals surface area contributed by atoms with Crippen molar-refractivity contribution in [2.45, 2.75) is 463 Å². The molecular formula is C78H153NO5. The molecule has 0 spiro atoms. The van der Waals surface area contributed by atoms with E-state index in [9.17, 15) is 19.8 Å². The van der Waals surface area contributed by atoms with E-state index >= 15 is 0 Å². The van der Waals surface area contributed by atoms with Gasteiger partial charge in [0.05, 0.1) is 25.4 Å². The number of aliphatic hydroxyl groups is 2. The molecule has 0 radical (unpaired) electrons. The van der Waals surface area contributed by atoms with Crippen molar-refractivity contribution in [3.05, 3.63) is 12.2 Å². The number of hydrogen-bond donors (Lipinski definition) is 3. The first-order chi connectivity index (χ1) is 41.5. The second-order valence-corrected chi connectivity index (χ2v) is 27.0. The maximum absolute atomic E-state index is 12.6. The molecule has 0 aromatic carbocycles. The van der Waals surface area contributed by atoms with Gasteiger partial charge in [0, 0.05) is 12.8 Å². The van der Waals surface area contributed by atoms with Crippen molar-refractivity contribution in [2.75, 3.05) is 13.2 Å². The van der Waals surface area contributed by atoms with Gasteiger partial charge in [-0.05, 0) is 51.4 Å². The fourth-order valence-corrected chi connectivity index (χ4v) is 12.6. The van der Waals surface area contributed by atoms with E-state index in [1.165, 1.54) is 372 Å². The molecule has 0 aromatic rings. The van der Waals surface area contributed by atoms with Gasteiger partial charge in [-0.1, -0.05) is 398 Å². The van der Waals surface area contributed by atoms with Crippen molar-refractivity contribution in [1.82, 2.24) is 5.32 Å². The van der Waals surface area contributed by atoms with E-state index in [1.807, 2.05) is 0 Å². The molecule has 0 saturated heterocycles. The Labute approximate surface area is 527 Å². The number of ether oxygens (including phenoxy) is 1. The normalized spacial score (nSPS) is 12.5. The Morgan fingerprint density at radius 1 is 0.321 bits per heavy atom. The van der Waals surface area contributed by atoms with E-state index < -0.39 is 12.1 Å². The van der Waals surface area contributed by atoms with Crippen molar-refractivity contribution >= 4 is 11.9 Å². The highest BCUT2D eigenvalue weighted by Crippen LogP contribution is 2.20. The Morgan fingerprint density at radius 2 is 0.560 bits per heavy atom. The van der Waals surface area contributed by atoms with E-state index in [1.54, 1.807) is 0 Å². The topological polar surface area (TPSA) is 95.9 Å². The van der Waals surface area contributed by atoms with Gasteiger partial charge in [0.2, 0.25) is 5.91 Å². The molecule has 3 N–H and O–H groups in total. The van der Waals surface area contributed by atoms with Crippen LogP contribution >= 0.6 is 0 Å². The van der Waals surface area contributed by atoms with Crippen LogP contribution < -0.4 is 5.32 Å². The third-order valence-corrected chi connectivity index (χ3v) is 18.6. The van der Waals surface area contributed by atoms with E-state index in [2.05, 4.69) is 31.3 Å². The highest BCUT2D eigenvalue weighted by atomic mass is 16.5. The summed E-state index contributed by atoms with van der Waals surface area (Å²) < 4.78 is 5.50. The lowest BCUT2D eigenvalue weighted by molar-refractivity contribution is -0.143. The third-order valence-electron chi connectivity index (χ3n) is 18.6. The SMILES string of the molecule is CCCCCCCC/C=C\CCCCCCCC(=O)OCCCCCCCCCCCCCCCCCCCCCCCCCCCCCCCCC(=O)NC(CO)C(O)CCCCCCCCCCCCCCCCCCCCCCCC. The Balaban J connectivity index is 3.33. The lowest BCUT2D eigenvalue weighted by Crippen LogP contribution is -2.45. The van der Waals surface area contributed by atoms with Gasteiger partial charge in [-0.2, -0.15) is 0 Å². The van der Waals surface area contributed by atoms with Crippen molar-refractivity contribution < 1.29 is 24.5 Å². The molecule has 0 aliphatic carbocycles. The van der Waals surface area contributed by atoms with Crippen LogP contribution in [0.25, 0.3) is 0 Å². The summed E-state index contributed by atoms with van der Waals surface area (Å²) in [5.41, 5.74) is 0. The summed E-state index contributed by atoms with van der Waals surface area (Å²) in [6.45, 7) is 5.00. The molecule has 0 aliphatic heterocycles. The first-order valence-corrected chi connectivity index (χ1v) is 38.9. The largest absolute Gasteiger partial charge is 0.466 e. The summed E-state index contributed by atoms with van der Waals surface area (Å²) >= 11 is 0. The van der Waals surface area contributed by atoms with E-state index in [0.29, 0.717) is 25.9 Å². The Hall–Kier alpha value is -1.40. The third kappa shape index (κ3) is 69.7. The van der Waals surface area contributed by atoms with Crippen molar-refractivity contribution in [1.29, 1.82) is 0 Å². The van der Waals surface area contributed by atoms with Gasteiger partial charge in [-0.3, -0.25) is 9.59 Å². The number of aliphatic hydroxyl groups excluding tert-OH is 2. The average Bonchev–Trinajstić information content (AvgIpc) is 3.51. The number of amides is 1. The number of unbranched alkanes of at least 4 members (excludes halogenated alkanes) is 61. The molecule has 0 fully saturated rings. The standard InChI is InChI=1S/C78H153NO5/c1-3-5-7-9-11-13-15-17-19-20-21-22-33-36-39-43-46-50-54-58-62-66-70-76(81)75(74-80)79-77(82)71-67-63-59-55-51-47-44-40-37-34-31-29-27-25-23-24-26-28-30-32-35-38-41-45-49-53-57-61-65-69-73-84-78(83)72-68-64-60-56-52-48-42-18-16-14-12-10-8-6-4-2/h18,42,75-76,80-81H,3-17,19-41,43-74H2,1-2H3,(H,79,82)/b42-18-. The fraction of sp³-hybridized carbons (Fsp3) is 0.949. The van der Waals surface area contributed by atoms with Crippen LogP contribution in [0.4, 0.5) is 0 Å². The molecule has 84 heavy (non-hydrogen) atoms. The van der Waals surface area contributed by atoms with Crippen LogP contribution in [0.3, 0.4) is 0 Å². The van der Waals surface area contributed by atoms with E-state index in [4.69, 9.17) is 4.74 Å². The minimum absolute atomic E-state index is 0.0134. The summed E-state index contributed by atoms with van der Waals surface area (Å²) in [5.74, 6) is -0.0119. The number of rotatable bonds is 74. The van der Waals surface area contributed by atoms with Crippen LogP contribution in [-0.4, -0.2) is 47.4 Å². The van der Waals surface area contributed by atoms with Gasteiger partial charge in [0.1, 0.15) is 0 Å². The molecule has 500 valence electrons. The second kappa shape index (κ2) is 74.1.